The van der Waals surface area contributed by atoms with E-state index in [2.05, 4.69) is 0 Å². The van der Waals surface area contributed by atoms with E-state index in [0.29, 0.717) is 11.9 Å². The van der Waals surface area contributed by atoms with Crippen LogP contribution in [0, 0.1) is 0 Å². The average molecular weight is 220 g/mol. The maximum atomic E-state index is 11.8. The smallest absolute Gasteiger partial charge is 0.341 e. The van der Waals surface area contributed by atoms with Crippen molar-refractivity contribution in [3.05, 3.63) is 34.2 Å². The van der Waals surface area contributed by atoms with Crippen LogP contribution >= 0.6 is 0 Å². The van der Waals surface area contributed by atoms with Gasteiger partial charge in [0.15, 0.2) is 0 Å². The zero-order valence-corrected chi connectivity index (χ0v) is 9.10. The minimum Gasteiger partial charge on any atom is -0.477 e. The number of carbonyl (C=O) groups is 1. The molecule has 0 unspecified atom stereocenters. The number of nitrogens with zero attached hydrogens (tertiary/aromatic N) is 2. The second-order valence-corrected chi connectivity index (χ2v) is 3.63. The van der Waals surface area contributed by atoms with Crippen molar-refractivity contribution in [2.24, 2.45) is 7.05 Å². The van der Waals surface area contributed by atoms with Crippen LogP contribution in [0.2, 0.25) is 0 Å². The molecule has 2 aromatic rings. The van der Waals surface area contributed by atoms with Gasteiger partial charge in [-0.25, -0.2) is 4.79 Å². The number of fused-ring (bicyclic) bond motifs is 1. The van der Waals surface area contributed by atoms with Crippen molar-refractivity contribution in [1.82, 2.24) is 9.13 Å². The molecule has 0 radical (unpaired) electrons. The normalized spacial score (nSPS) is 10.9. The number of carboxylic acids is 1. The zero-order chi connectivity index (χ0) is 11.9. The van der Waals surface area contributed by atoms with E-state index >= 15 is 0 Å². The predicted molar refractivity (Wildman–Crippen MR) is 59.8 cm³/mol. The third kappa shape index (κ3) is 1.32. The highest BCUT2D eigenvalue weighted by atomic mass is 16.4. The number of pyridine rings is 1. The summed E-state index contributed by atoms with van der Waals surface area (Å²) in [5.41, 5.74) is 0.144. The third-order valence-corrected chi connectivity index (χ3v) is 2.66. The van der Waals surface area contributed by atoms with Crippen LogP contribution in [-0.4, -0.2) is 20.2 Å². The van der Waals surface area contributed by atoms with Gasteiger partial charge in [0, 0.05) is 26.0 Å². The van der Waals surface area contributed by atoms with Crippen LogP contribution in [0.25, 0.3) is 11.0 Å². The summed E-state index contributed by atoms with van der Waals surface area (Å²) in [5.74, 6) is -1.18. The molecular formula is C11H12N2O3. The van der Waals surface area contributed by atoms with Crippen LogP contribution in [0.4, 0.5) is 0 Å². The Bertz CT molecular complexity index is 622. The fraction of sp³-hybridized carbons (Fsp3) is 0.273. The van der Waals surface area contributed by atoms with Crippen molar-refractivity contribution in [2.75, 3.05) is 0 Å². The molecule has 2 rings (SSSR count). The van der Waals surface area contributed by atoms with Crippen LogP contribution in [0.3, 0.4) is 0 Å². The van der Waals surface area contributed by atoms with E-state index in [9.17, 15) is 9.59 Å². The zero-order valence-electron chi connectivity index (χ0n) is 9.10. The van der Waals surface area contributed by atoms with Crippen LogP contribution < -0.4 is 5.43 Å². The van der Waals surface area contributed by atoms with Gasteiger partial charge in [-0.15, -0.1) is 0 Å². The molecule has 0 aliphatic rings. The molecular weight excluding hydrogens is 208 g/mol. The minimum atomic E-state index is -1.18. The summed E-state index contributed by atoms with van der Waals surface area (Å²) in [6, 6.07) is 1.65. The van der Waals surface area contributed by atoms with E-state index in [4.69, 9.17) is 5.11 Å². The van der Waals surface area contributed by atoms with Crippen LogP contribution in [0.1, 0.15) is 17.3 Å². The monoisotopic (exact) mass is 220 g/mol. The minimum absolute atomic E-state index is 0.180. The Morgan fingerprint density at radius 1 is 1.50 bits per heavy atom. The molecule has 0 fully saturated rings. The first-order valence-corrected chi connectivity index (χ1v) is 4.98. The van der Waals surface area contributed by atoms with Crippen molar-refractivity contribution < 1.29 is 9.90 Å². The highest BCUT2D eigenvalue weighted by Gasteiger charge is 2.15. The van der Waals surface area contributed by atoms with E-state index in [0.717, 1.165) is 5.65 Å². The van der Waals surface area contributed by atoms with Gasteiger partial charge in [0.2, 0.25) is 5.43 Å². The van der Waals surface area contributed by atoms with Crippen LogP contribution in [0.15, 0.2) is 23.3 Å². The van der Waals surface area contributed by atoms with E-state index < -0.39 is 11.4 Å². The quantitative estimate of drug-likeness (QED) is 0.823. The van der Waals surface area contributed by atoms with E-state index in [1.165, 1.54) is 6.20 Å². The number of aromatic nitrogens is 2. The van der Waals surface area contributed by atoms with E-state index in [1.54, 1.807) is 16.8 Å². The molecule has 2 heterocycles. The van der Waals surface area contributed by atoms with Crippen LogP contribution in [-0.2, 0) is 13.6 Å². The lowest BCUT2D eigenvalue weighted by Gasteiger charge is -2.08. The van der Waals surface area contributed by atoms with Gasteiger partial charge in [-0.1, -0.05) is 0 Å². The van der Waals surface area contributed by atoms with Gasteiger partial charge in [0.25, 0.3) is 0 Å². The summed E-state index contributed by atoms with van der Waals surface area (Å²) in [6.07, 6.45) is 3.15. The fourth-order valence-corrected chi connectivity index (χ4v) is 1.87. The molecule has 0 spiro atoms. The largest absolute Gasteiger partial charge is 0.477 e. The number of aryl methyl sites for hydroxylation is 2. The van der Waals surface area contributed by atoms with Gasteiger partial charge < -0.3 is 14.2 Å². The molecule has 0 aromatic carbocycles. The fourth-order valence-electron chi connectivity index (χ4n) is 1.87. The molecule has 0 aliphatic heterocycles. The molecule has 5 heteroatoms. The maximum absolute atomic E-state index is 11.8. The van der Waals surface area contributed by atoms with Gasteiger partial charge in [-0.05, 0) is 13.0 Å². The summed E-state index contributed by atoms with van der Waals surface area (Å²) in [6.45, 7) is 2.53. The number of hydrogen-bond donors (Lipinski definition) is 1. The Balaban J connectivity index is 2.96. The Morgan fingerprint density at radius 3 is 2.75 bits per heavy atom. The lowest BCUT2D eigenvalue weighted by Crippen LogP contribution is -2.18. The highest BCUT2D eigenvalue weighted by molar-refractivity contribution is 5.92. The number of aromatic carboxylic acids is 1. The molecule has 1 N–H and O–H groups in total. The standard InChI is InChI=1S/C11H12N2O3/c1-3-13-6-8(11(15)16)9(14)7-4-5-12(2)10(7)13/h4-6H,3H2,1-2H3,(H,15,16). The number of rotatable bonds is 2. The maximum Gasteiger partial charge on any atom is 0.341 e. The van der Waals surface area contributed by atoms with E-state index in [1.807, 2.05) is 18.5 Å². The average Bonchev–Trinajstić information content (AvgIpc) is 2.62. The lowest BCUT2D eigenvalue weighted by atomic mass is 10.2. The first kappa shape index (κ1) is 10.5. The van der Waals surface area contributed by atoms with Gasteiger partial charge in [0.05, 0.1) is 5.39 Å². The van der Waals surface area contributed by atoms with Crippen molar-refractivity contribution in [3.63, 3.8) is 0 Å². The molecule has 84 valence electrons. The van der Waals surface area contributed by atoms with Gasteiger partial charge in [0.1, 0.15) is 11.2 Å². The summed E-state index contributed by atoms with van der Waals surface area (Å²) in [4.78, 5) is 22.8. The summed E-state index contributed by atoms with van der Waals surface area (Å²) >= 11 is 0. The summed E-state index contributed by atoms with van der Waals surface area (Å²) < 4.78 is 3.58. The number of hydrogen-bond acceptors (Lipinski definition) is 2. The molecule has 5 nitrogen and oxygen atoms in total. The van der Waals surface area contributed by atoms with Crippen molar-refractivity contribution >= 4 is 17.0 Å². The molecule has 0 saturated carbocycles. The Kier molecular flexibility index (Phi) is 2.30. The SMILES string of the molecule is CCn1cc(C(=O)O)c(=O)c2ccn(C)c21. The second kappa shape index (κ2) is 3.52. The highest BCUT2D eigenvalue weighted by Crippen LogP contribution is 2.12. The summed E-state index contributed by atoms with van der Waals surface area (Å²) in [5, 5.41) is 9.38. The Hall–Kier alpha value is -2.04. The van der Waals surface area contributed by atoms with Crippen LogP contribution in [0.5, 0.6) is 0 Å². The first-order chi connectivity index (χ1) is 7.56. The van der Waals surface area contributed by atoms with Gasteiger partial charge in [-0.3, -0.25) is 4.79 Å². The molecule has 16 heavy (non-hydrogen) atoms. The van der Waals surface area contributed by atoms with Crippen molar-refractivity contribution in [3.8, 4) is 0 Å². The van der Waals surface area contributed by atoms with Crippen molar-refractivity contribution in [2.45, 2.75) is 13.5 Å². The summed E-state index contributed by atoms with van der Waals surface area (Å²) in [7, 11) is 1.83. The molecule has 0 bridgehead atoms. The molecule has 0 aliphatic carbocycles. The van der Waals surface area contributed by atoms with Gasteiger partial charge in [-0.2, -0.15) is 0 Å². The Labute approximate surface area is 91.5 Å². The van der Waals surface area contributed by atoms with Crippen molar-refractivity contribution in [1.29, 1.82) is 0 Å². The van der Waals surface area contributed by atoms with E-state index in [-0.39, 0.29) is 5.56 Å². The topological polar surface area (TPSA) is 64.2 Å². The Morgan fingerprint density at radius 2 is 2.19 bits per heavy atom. The predicted octanol–water partition coefficient (Wildman–Crippen LogP) is 1.06. The molecule has 0 atom stereocenters. The second-order valence-electron chi connectivity index (χ2n) is 3.63. The number of carboxylic acid groups (broad SMARTS) is 1. The van der Waals surface area contributed by atoms with Gasteiger partial charge >= 0.3 is 5.97 Å². The first-order valence-electron chi connectivity index (χ1n) is 4.98. The third-order valence-electron chi connectivity index (χ3n) is 2.66. The molecule has 2 aromatic heterocycles. The molecule has 0 amide bonds. The lowest BCUT2D eigenvalue weighted by molar-refractivity contribution is 0.0695. The molecule has 0 saturated heterocycles.